The van der Waals surface area contributed by atoms with Gasteiger partial charge in [-0.25, -0.2) is 0 Å². The van der Waals surface area contributed by atoms with Gasteiger partial charge >= 0.3 is 0 Å². The number of carbonyl (C=O) groups is 2. The lowest BCUT2D eigenvalue weighted by atomic mass is 10.0. The van der Waals surface area contributed by atoms with Crippen molar-refractivity contribution in [2.45, 2.75) is 37.9 Å². The Morgan fingerprint density at radius 3 is 2.56 bits per heavy atom. The second-order valence-electron chi connectivity index (χ2n) is 5.94. The first-order valence-electron chi connectivity index (χ1n) is 6.12. The Bertz CT molecular complexity index is 395. The van der Waals surface area contributed by atoms with Crippen LogP contribution in [-0.4, -0.2) is 67.0 Å². The summed E-state index contributed by atoms with van der Waals surface area (Å²) in [6, 6.07) is 0. The van der Waals surface area contributed by atoms with Crippen LogP contribution in [0.25, 0.3) is 0 Å². The molecule has 2 saturated heterocycles. The molecule has 0 saturated carbocycles. The molecule has 2 heterocycles. The monoisotopic (exact) mass is 272 g/mol. The van der Waals surface area contributed by atoms with E-state index in [2.05, 4.69) is 0 Å². The van der Waals surface area contributed by atoms with Gasteiger partial charge in [0, 0.05) is 13.6 Å². The largest absolute Gasteiger partial charge is 0.409 e. The Labute approximate surface area is 108 Å². The van der Waals surface area contributed by atoms with Crippen molar-refractivity contribution in [1.82, 2.24) is 9.80 Å². The molecule has 2 fully saturated rings. The van der Waals surface area contributed by atoms with E-state index in [0.29, 0.717) is 13.0 Å². The number of likely N-dealkylation sites (N-methyl/N-ethyl adjacent to an activating group) is 1. The van der Waals surface area contributed by atoms with Crippen LogP contribution in [0.1, 0.15) is 6.42 Å². The van der Waals surface area contributed by atoms with Gasteiger partial charge in [0.05, 0.1) is 6.54 Å². The number of piperazine rings is 1. The van der Waals surface area contributed by atoms with Crippen molar-refractivity contribution >= 4 is 20.1 Å². The molecular formula is C11H20N2O4Si. The number of carbonyl (C=O) groups excluding carboxylic acids is 2. The second kappa shape index (κ2) is 4.04. The van der Waals surface area contributed by atoms with Crippen LogP contribution in [0.15, 0.2) is 0 Å². The van der Waals surface area contributed by atoms with E-state index < -0.39 is 26.1 Å². The zero-order valence-electron chi connectivity index (χ0n) is 11.3. The molecule has 0 aromatic carbocycles. The van der Waals surface area contributed by atoms with Gasteiger partial charge in [-0.2, -0.15) is 0 Å². The minimum absolute atomic E-state index is 0.0286. The van der Waals surface area contributed by atoms with Crippen LogP contribution in [0.3, 0.4) is 0 Å². The van der Waals surface area contributed by atoms with Crippen LogP contribution >= 0.6 is 0 Å². The van der Waals surface area contributed by atoms with E-state index in [1.165, 1.54) is 16.8 Å². The normalized spacial score (nSPS) is 33.1. The molecule has 7 heteroatoms. The molecule has 102 valence electrons. The van der Waals surface area contributed by atoms with Crippen molar-refractivity contribution in [1.29, 1.82) is 0 Å². The van der Waals surface area contributed by atoms with Gasteiger partial charge in [-0.1, -0.05) is 0 Å². The van der Waals surface area contributed by atoms with E-state index in [9.17, 15) is 14.7 Å². The standard InChI is InChI=1S/C11H20N2O4Si/c1-12-7-9(14)13-6-5-8(17-18(2,3)4)11(13,16)10(12)15/h8,16H,5-7H2,1-4H3/t8-,11?/m0/s1. The first kappa shape index (κ1) is 13.5. The molecule has 0 radical (unpaired) electrons. The molecule has 1 N–H and O–H groups in total. The first-order chi connectivity index (χ1) is 8.16. The highest BCUT2D eigenvalue weighted by Crippen LogP contribution is 2.35. The predicted molar refractivity (Wildman–Crippen MR) is 67.1 cm³/mol. The fourth-order valence-corrected chi connectivity index (χ4v) is 3.70. The van der Waals surface area contributed by atoms with Crippen LogP contribution in [-0.2, 0) is 14.0 Å². The average molecular weight is 272 g/mol. The molecule has 18 heavy (non-hydrogen) atoms. The summed E-state index contributed by atoms with van der Waals surface area (Å²) in [4.78, 5) is 26.6. The Morgan fingerprint density at radius 1 is 1.39 bits per heavy atom. The minimum Gasteiger partial charge on any atom is -0.409 e. The lowest BCUT2D eigenvalue weighted by Gasteiger charge is -2.43. The number of hydrogen-bond donors (Lipinski definition) is 1. The summed E-state index contributed by atoms with van der Waals surface area (Å²) in [7, 11) is -0.361. The van der Waals surface area contributed by atoms with Crippen LogP contribution in [0.5, 0.6) is 0 Å². The Hall–Kier alpha value is -0.923. The van der Waals surface area contributed by atoms with Crippen LogP contribution in [0.4, 0.5) is 0 Å². The molecule has 1 unspecified atom stereocenters. The van der Waals surface area contributed by atoms with Gasteiger partial charge in [0.1, 0.15) is 6.10 Å². The molecule has 2 aliphatic heterocycles. The number of aliphatic hydroxyl groups is 1. The smallest absolute Gasteiger partial charge is 0.279 e. The maximum Gasteiger partial charge on any atom is 0.279 e. The molecular weight excluding hydrogens is 252 g/mol. The van der Waals surface area contributed by atoms with Gasteiger partial charge in [-0.3, -0.25) is 9.59 Å². The van der Waals surface area contributed by atoms with E-state index in [-0.39, 0.29) is 12.5 Å². The SMILES string of the molecule is CN1CC(=O)N2CC[C@H](O[Si](C)(C)C)C2(O)C1=O. The third kappa shape index (κ3) is 1.96. The van der Waals surface area contributed by atoms with Crippen molar-refractivity contribution in [2.75, 3.05) is 20.1 Å². The predicted octanol–water partition coefficient (Wildman–Crippen LogP) is -0.401. The fourth-order valence-electron chi connectivity index (χ4n) is 2.57. The lowest BCUT2D eigenvalue weighted by Crippen LogP contribution is -2.69. The van der Waals surface area contributed by atoms with Gasteiger partial charge < -0.3 is 19.3 Å². The van der Waals surface area contributed by atoms with Crippen molar-refractivity contribution < 1.29 is 19.1 Å². The zero-order valence-corrected chi connectivity index (χ0v) is 12.3. The Balaban J connectivity index is 2.31. The number of fused-ring (bicyclic) bond motifs is 1. The molecule has 0 bridgehead atoms. The maximum atomic E-state index is 12.2. The van der Waals surface area contributed by atoms with Crippen molar-refractivity contribution in [3.63, 3.8) is 0 Å². The molecule has 0 aliphatic carbocycles. The van der Waals surface area contributed by atoms with Gasteiger partial charge in [0.25, 0.3) is 5.91 Å². The highest BCUT2D eigenvalue weighted by Gasteiger charge is 2.60. The molecule has 0 spiro atoms. The van der Waals surface area contributed by atoms with Crippen LogP contribution in [0, 0.1) is 0 Å². The fraction of sp³-hybridized carbons (Fsp3) is 0.818. The van der Waals surface area contributed by atoms with E-state index in [1.54, 1.807) is 0 Å². The molecule has 2 amide bonds. The third-order valence-corrected chi connectivity index (χ3v) is 4.30. The van der Waals surface area contributed by atoms with Crippen LogP contribution < -0.4 is 0 Å². The van der Waals surface area contributed by atoms with Crippen LogP contribution in [0.2, 0.25) is 19.6 Å². The quantitative estimate of drug-likeness (QED) is 0.694. The van der Waals surface area contributed by atoms with E-state index in [0.717, 1.165) is 0 Å². The summed E-state index contributed by atoms with van der Waals surface area (Å²) in [5, 5.41) is 10.7. The lowest BCUT2D eigenvalue weighted by molar-refractivity contribution is -0.197. The van der Waals surface area contributed by atoms with Crippen molar-refractivity contribution in [3.8, 4) is 0 Å². The van der Waals surface area contributed by atoms with Gasteiger partial charge in [0.2, 0.25) is 11.6 Å². The summed E-state index contributed by atoms with van der Waals surface area (Å²) >= 11 is 0. The van der Waals surface area contributed by atoms with E-state index in [1.807, 2.05) is 19.6 Å². The molecule has 2 rings (SSSR count). The molecule has 0 aromatic heterocycles. The summed E-state index contributed by atoms with van der Waals surface area (Å²) < 4.78 is 5.89. The number of hydrogen-bond acceptors (Lipinski definition) is 4. The highest BCUT2D eigenvalue weighted by molar-refractivity contribution is 6.69. The first-order valence-corrected chi connectivity index (χ1v) is 9.53. The van der Waals surface area contributed by atoms with E-state index in [4.69, 9.17) is 4.43 Å². The number of amides is 2. The second-order valence-corrected chi connectivity index (χ2v) is 10.4. The number of rotatable bonds is 2. The molecule has 2 atom stereocenters. The maximum absolute atomic E-state index is 12.2. The average Bonchev–Trinajstić information content (AvgIpc) is 2.53. The summed E-state index contributed by atoms with van der Waals surface area (Å²) in [6.45, 7) is 6.40. The third-order valence-electron chi connectivity index (χ3n) is 3.31. The number of nitrogens with zero attached hydrogens (tertiary/aromatic N) is 2. The Morgan fingerprint density at radius 2 is 2.00 bits per heavy atom. The van der Waals surface area contributed by atoms with E-state index >= 15 is 0 Å². The van der Waals surface area contributed by atoms with Gasteiger partial charge in [-0.15, -0.1) is 0 Å². The van der Waals surface area contributed by atoms with Gasteiger partial charge in [0.15, 0.2) is 8.32 Å². The Kier molecular flexibility index (Phi) is 3.03. The topological polar surface area (TPSA) is 70.1 Å². The van der Waals surface area contributed by atoms with Gasteiger partial charge in [-0.05, 0) is 26.1 Å². The minimum atomic E-state index is -1.89. The summed E-state index contributed by atoms with van der Waals surface area (Å²) in [5.74, 6) is -0.663. The zero-order chi connectivity index (χ0) is 13.7. The van der Waals surface area contributed by atoms with Crippen molar-refractivity contribution in [2.24, 2.45) is 0 Å². The highest BCUT2D eigenvalue weighted by atomic mass is 28.4. The molecule has 6 nitrogen and oxygen atoms in total. The summed E-state index contributed by atoms with van der Waals surface area (Å²) in [6.07, 6.45) is -0.102. The molecule has 0 aromatic rings. The summed E-state index contributed by atoms with van der Waals surface area (Å²) in [5.41, 5.74) is -1.80. The van der Waals surface area contributed by atoms with Crippen molar-refractivity contribution in [3.05, 3.63) is 0 Å². The molecule has 2 aliphatic rings.